The molecule has 0 spiro atoms. The molecule has 0 fully saturated rings. The SMILES string of the molecule is CCOC(=O)C1=C(c2ccccc2)N=C(OCC)C(c2ccccc2)C1. The molecule has 4 heteroatoms. The van der Waals surface area contributed by atoms with Crippen LogP contribution in [0, 0.1) is 0 Å². The number of rotatable bonds is 5. The van der Waals surface area contributed by atoms with E-state index in [4.69, 9.17) is 14.5 Å². The van der Waals surface area contributed by atoms with Gasteiger partial charge in [0, 0.05) is 5.56 Å². The van der Waals surface area contributed by atoms with Crippen molar-refractivity contribution in [3.63, 3.8) is 0 Å². The molecular weight excluding hydrogens is 326 g/mol. The lowest BCUT2D eigenvalue weighted by atomic mass is 9.87. The van der Waals surface area contributed by atoms with Gasteiger partial charge in [0.25, 0.3) is 0 Å². The number of esters is 1. The Morgan fingerprint density at radius 2 is 1.65 bits per heavy atom. The first-order chi connectivity index (χ1) is 12.7. The van der Waals surface area contributed by atoms with Crippen LogP contribution >= 0.6 is 0 Å². The van der Waals surface area contributed by atoms with Crippen LogP contribution in [0.1, 0.15) is 37.3 Å². The van der Waals surface area contributed by atoms with Crippen LogP contribution in [0.15, 0.2) is 71.2 Å². The molecule has 1 heterocycles. The van der Waals surface area contributed by atoms with Gasteiger partial charge in [0.1, 0.15) is 0 Å². The first-order valence-corrected chi connectivity index (χ1v) is 8.96. The molecule has 2 aromatic rings. The standard InChI is InChI=1S/C22H23NO3/c1-3-25-21-18(16-11-7-5-8-12-16)15-19(22(24)26-4-2)20(23-21)17-13-9-6-10-14-17/h5-14,18H,3-4,15H2,1-2H3. The molecular formula is C22H23NO3. The summed E-state index contributed by atoms with van der Waals surface area (Å²) in [5.41, 5.74) is 3.20. The van der Waals surface area contributed by atoms with Crippen molar-refractivity contribution in [1.82, 2.24) is 0 Å². The molecule has 0 radical (unpaired) electrons. The van der Waals surface area contributed by atoms with Gasteiger partial charge in [-0.15, -0.1) is 0 Å². The van der Waals surface area contributed by atoms with Crippen molar-refractivity contribution >= 4 is 17.6 Å². The summed E-state index contributed by atoms with van der Waals surface area (Å²) in [7, 11) is 0. The van der Waals surface area contributed by atoms with Gasteiger partial charge in [-0.3, -0.25) is 0 Å². The fourth-order valence-corrected chi connectivity index (χ4v) is 3.10. The predicted octanol–water partition coefficient (Wildman–Crippen LogP) is 4.58. The number of hydrogen-bond acceptors (Lipinski definition) is 4. The van der Waals surface area contributed by atoms with Crippen molar-refractivity contribution in [2.75, 3.05) is 13.2 Å². The van der Waals surface area contributed by atoms with Crippen LogP contribution in [0.3, 0.4) is 0 Å². The van der Waals surface area contributed by atoms with Gasteiger partial charge < -0.3 is 9.47 Å². The molecule has 1 atom stereocenters. The van der Waals surface area contributed by atoms with E-state index in [1.165, 1.54) is 0 Å². The molecule has 0 bridgehead atoms. The maximum absolute atomic E-state index is 12.6. The van der Waals surface area contributed by atoms with Gasteiger partial charge >= 0.3 is 5.97 Å². The van der Waals surface area contributed by atoms with Gasteiger partial charge in [0.15, 0.2) is 5.90 Å². The zero-order valence-corrected chi connectivity index (χ0v) is 15.1. The molecule has 0 saturated carbocycles. The topological polar surface area (TPSA) is 47.9 Å². The first-order valence-electron chi connectivity index (χ1n) is 8.96. The van der Waals surface area contributed by atoms with Gasteiger partial charge in [-0.2, -0.15) is 0 Å². The average molecular weight is 349 g/mol. The molecule has 0 aromatic heterocycles. The Balaban J connectivity index is 2.10. The third-order valence-corrected chi connectivity index (χ3v) is 4.28. The van der Waals surface area contributed by atoms with Gasteiger partial charge in [0.2, 0.25) is 0 Å². The summed E-state index contributed by atoms with van der Waals surface area (Å²) in [5, 5.41) is 0. The Bertz CT molecular complexity index is 810. The van der Waals surface area contributed by atoms with Gasteiger partial charge in [0.05, 0.1) is 30.4 Å². The van der Waals surface area contributed by atoms with E-state index in [1.54, 1.807) is 0 Å². The van der Waals surface area contributed by atoms with Crippen molar-refractivity contribution in [2.24, 2.45) is 4.99 Å². The number of ether oxygens (including phenoxy) is 2. The molecule has 0 N–H and O–H groups in total. The molecule has 1 aliphatic rings. The van der Waals surface area contributed by atoms with Crippen molar-refractivity contribution in [3.8, 4) is 0 Å². The van der Waals surface area contributed by atoms with E-state index in [0.29, 0.717) is 36.8 Å². The average Bonchev–Trinajstić information content (AvgIpc) is 2.69. The quantitative estimate of drug-likeness (QED) is 0.742. The summed E-state index contributed by atoms with van der Waals surface area (Å²) in [6.07, 6.45) is 0.506. The van der Waals surface area contributed by atoms with Crippen LogP contribution in [0.4, 0.5) is 0 Å². The van der Waals surface area contributed by atoms with E-state index >= 15 is 0 Å². The minimum atomic E-state index is -0.313. The van der Waals surface area contributed by atoms with Crippen LogP contribution in [-0.2, 0) is 14.3 Å². The maximum Gasteiger partial charge on any atom is 0.336 e. The van der Waals surface area contributed by atoms with Gasteiger partial charge in [-0.25, -0.2) is 9.79 Å². The van der Waals surface area contributed by atoms with Crippen LogP contribution in [0.5, 0.6) is 0 Å². The summed E-state index contributed by atoms with van der Waals surface area (Å²) in [5.74, 6) is 0.236. The van der Waals surface area contributed by atoms with Crippen LogP contribution in [-0.4, -0.2) is 25.1 Å². The highest BCUT2D eigenvalue weighted by atomic mass is 16.5. The van der Waals surface area contributed by atoms with Gasteiger partial charge in [-0.1, -0.05) is 60.7 Å². The molecule has 26 heavy (non-hydrogen) atoms. The number of carbonyl (C=O) groups is 1. The predicted molar refractivity (Wildman–Crippen MR) is 103 cm³/mol. The Hall–Kier alpha value is -2.88. The van der Waals surface area contributed by atoms with Gasteiger partial charge in [-0.05, 0) is 25.8 Å². The monoisotopic (exact) mass is 349 g/mol. The molecule has 0 saturated heterocycles. The molecule has 0 aliphatic carbocycles. The maximum atomic E-state index is 12.6. The molecule has 1 aliphatic heterocycles. The molecule has 2 aromatic carbocycles. The van der Waals surface area contributed by atoms with E-state index in [-0.39, 0.29) is 11.9 Å². The molecule has 134 valence electrons. The Morgan fingerprint density at radius 1 is 1.00 bits per heavy atom. The number of nitrogens with zero attached hydrogens (tertiary/aromatic N) is 1. The minimum absolute atomic E-state index is 0.0944. The second-order valence-electron chi connectivity index (χ2n) is 5.96. The summed E-state index contributed by atoms with van der Waals surface area (Å²) < 4.78 is 11.2. The van der Waals surface area contributed by atoms with E-state index < -0.39 is 0 Å². The number of benzene rings is 2. The zero-order valence-electron chi connectivity index (χ0n) is 15.1. The fraction of sp³-hybridized carbons (Fsp3) is 0.273. The van der Waals surface area contributed by atoms with E-state index in [0.717, 1.165) is 11.1 Å². The van der Waals surface area contributed by atoms with Crippen molar-refractivity contribution in [3.05, 3.63) is 77.4 Å². The van der Waals surface area contributed by atoms with E-state index in [2.05, 4.69) is 0 Å². The Labute approximate surface area is 154 Å². The second-order valence-corrected chi connectivity index (χ2v) is 5.96. The Morgan fingerprint density at radius 3 is 2.27 bits per heavy atom. The third kappa shape index (κ3) is 3.85. The van der Waals surface area contributed by atoms with E-state index in [1.807, 2.05) is 74.5 Å². The first kappa shape index (κ1) is 17.9. The summed E-state index contributed by atoms with van der Waals surface area (Å²) in [4.78, 5) is 17.4. The third-order valence-electron chi connectivity index (χ3n) is 4.28. The number of aliphatic imine (C=N–C) groups is 1. The second kappa shape index (κ2) is 8.48. The van der Waals surface area contributed by atoms with E-state index in [9.17, 15) is 4.79 Å². The lowest BCUT2D eigenvalue weighted by Gasteiger charge is -2.26. The highest BCUT2D eigenvalue weighted by Crippen LogP contribution is 2.36. The molecule has 0 amide bonds. The van der Waals surface area contributed by atoms with Crippen molar-refractivity contribution in [1.29, 1.82) is 0 Å². The molecule has 4 nitrogen and oxygen atoms in total. The summed E-state index contributed by atoms with van der Waals surface area (Å²) >= 11 is 0. The molecule has 1 unspecified atom stereocenters. The number of carbonyl (C=O) groups excluding carboxylic acids is 1. The largest absolute Gasteiger partial charge is 0.481 e. The summed E-state index contributed by atoms with van der Waals surface area (Å²) in [6, 6.07) is 19.7. The van der Waals surface area contributed by atoms with Crippen molar-refractivity contribution < 1.29 is 14.3 Å². The number of hydrogen-bond donors (Lipinski definition) is 0. The minimum Gasteiger partial charge on any atom is -0.481 e. The zero-order chi connectivity index (χ0) is 18.4. The van der Waals surface area contributed by atoms with Crippen LogP contribution in [0.25, 0.3) is 5.70 Å². The highest BCUT2D eigenvalue weighted by Gasteiger charge is 2.32. The Kier molecular flexibility index (Phi) is 5.84. The smallest absolute Gasteiger partial charge is 0.336 e. The summed E-state index contributed by atoms with van der Waals surface area (Å²) in [6.45, 7) is 4.62. The van der Waals surface area contributed by atoms with Crippen molar-refractivity contribution in [2.45, 2.75) is 26.2 Å². The highest BCUT2D eigenvalue weighted by molar-refractivity contribution is 6.03. The molecule has 3 rings (SSSR count). The lowest BCUT2D eigenvalue weighted by Crippen LogP contribution is -2.24. The van der Waals surface area contributed by atoms with Crippen LogP contribution < -0.4 is 0 Å². The van der Waals surface area contributed by atoms with Crippen LogP contribution in [0.2, 0.25) is 0 Å². The normalized spacial score (nSPS) is 16.8. The fourth-order valence-electron chi connectivity index (χ4n) is 3.10. The lowest BCUT2D eigenvalue weighted by molar-refractivity contribution is -0.138.